The van der Waals surface area contributed by atoms with E-state index in [1.54, 1.807) is 19.2 Å². The molecule has 0 radical (unpaired) electrons. The van der Waals surface area contributed by atoms with Crippen molar-refractivity contribution in [2.24, 2.45) is 11.8 Å². The Labute approximate surface area is 163 Å². The summed E-state index contributed by atoms with van der Waals surface area (Å²) in [5, 5.41) is 3.97. The summed E-state index contributed by atoms with van der Waals surface area (Å²) in [7, 11) is -1.97. The molecular weight excluding hydrogens is 388 g/mol. The number of amides is 1. The maximum absolute atomic E-state index is 12.9. The van der Waals surface area contributed by atoms with Crippen molar-refractivity contribution in [3.05, 3.63) is 41.2 Å². The molecule has 2 saturated carbocycles. The first-order valence-electron chi connectivity index (χ1n) is 9.00. The van der Waals surface area contributed by atoms with Gasteiger partial charge in [0.1, 0.15) is 6.33 Å². The molecule has 27 heavy (non-hydrogen) atoms. The molecule has 7 nitrogen and oxygen atoms in total. The Bertz CT molecular complexity index is 957. The van der Waals surface area contributed by atoms with E-state index in [2.05, 4.69) is 10.1 Å². The summed E-state index contributed by atoms with van der Waals surface area (Å²) >= 11 is 5.87. The van der Waals surface area contributed by atoms with Gasteiger partial charge in [-0.05, 0) is 48.8 Å². The zero-order valence-corrected chi connectivity index (χ0v) is 16.5. The molecule has 0 spiro atoms. The molecule has 2 fully saturated rings. The molecule has 0 unspecified atom stereocenters. The quantitative estimate of drug-likeness (QED) is 0.776. The molecule has 144 valence electrons. The first-order valence-corrected chi connectivity index (χ1v) is 10.9. The lowest BCUT2D eigenvalue weighted by Crippen LogP contribution is -2.32. The number of carbonyl (C=O) groups excluding carboxylic acids is 1. The number of rotatable bonds is 4. The second-order valence-electron chi connectivity index (χ2n) is 7.50. The number of halogens is 1. The third-order valence-corrected chi connectivity index (χ3v) is 7.98. The van der Waals surface area contributed by atoms with Crippen LogP contribution < -0.4 is 0 Å². The molecule has 2 aromatic rings. The van der Waals surface area contributed by atoms with E-state index in [0.29, 0.717) is 23.9 Å². The second-order valence-corrected chi connectivity index (χ2v) is 9.99. The minimum absolute atomic E-state index is 0.204. The molecule has 1 amide bonds. The third-order valence-electron chi connectivity index (χ3n) is 5.65. The van der Waals surface area contributed by atoms with Crippen LogP contribution in [0.15, 0.2) is 35.7 Å². The van der Waals surface area contributed by atoms with Gasteiger partial charge < -0.3 is 4.90 Å². The van der Waals surface area contributed by atoms with Gasteiger partial charge in [-0.1, -0.05) is 30.2 Å². The molecule has 9 heteroatoms. The number of carbonyl (C=O) groups is 1. The molecule has 0 N–H and O–H groups in total. The molecule has 3 atom stereocenters. The molecule has 1 aromatic heterocycles. The van der Waals surface area contributed by atoms with E-state index in [1.807, 2.05) is 12.1 Å². The lowest BCUT2D eigenvalue weighted by Gasteiger charge is -2.20. The summed E-state index contributed by atoms with van der Waals surface area (Å²) in [4.78, 5) is 18.0. The van der Waals surface area contributed by atoms with Gasteiger partial charge in [0.15, 0.2) is 0 Å². The van der Waals surface area contributed by atoms with Crippen LogP contribution in [0.5, 0.6) is 0 Å². The first-order chi connectivity index (χ1) is 12.8. The summed E-state index contributed by atoms with van der Waals surface area (Å²) in [6.45, 7) is 0.352. The van der Waals surface area contributed by atoms with Crippen LogP contribution in [-0.4, -0.2) is 46.4 Å². The average Bonchev–Trinajstić information content (AvgIpc) is 3.39. The van der Waals surface area contributed by atoms with Gasteiger partial charge in [-0.15, -0.1) is 5.10 Å². The normalized spacial score (nSPS) is 24.3. The molecule has 4 rings (SSSR count). The molecule has 2 bridgehead atoms. The highest BCUT2D eigenvalue weighted by molar-refractivity contribution is 7.91. The van der Waals surface area contributed by atoms with Crippen molar-refractivity contribution in [2.45, 2.75) is 42.6 Å². The molecule has 0 aliphatic heterocycles. The molecular formula is C18H21ClN4O3S. The van der Waals surface area contributed by atoms with Crippen molar-refractivity contribution in [3.8, 4) is 0 Å². The maximum atomic E-state index is 12.9. The van der Waals surface area contributed by atoms with Gasteiger partial charge in [-0.2, -0.15) is 4.68 Å². The van der Waals surface area contributed by atoms with Crippen molar-refractivity contribution in [1.29, 1.82) is 0 Å². The van der Waals surface area contributed by atoms with Gasteiger partial charge in [-0.25, -0.2) is 18.2 Å². The van der Waals surface area contributed by atoms with E-state index >= 15 is 0 Å². The zero-order valence-electron chi connectivity index (χ0n) is 15.0. The highest BCUT2D eigenvalue weighted by atomic mass is 35.5. The average molecular weight is 409 g/mol. The lowest BCUT2D eigenvalue weighted by atomic mass is 10.0. The van der Waals surface area contributed by atoms with E-state index in [1.165, 1.54) is 11.2 Å². The SMILES string of the molecule is CN(Cc1ccc(Cl)cc1)C(=O)n1cnc(S(=O)(=O)[C@@H]2C[C@H]3CC[C@@H]2C3)n1. The Morgan fingerprint density at radius 2 is 2.00 bits per heavy atom. The minimum atomic E-state index is -3.60. The molecule has 2 aliphatic carbocycles. The van der Waals surface area contributed by atoms with Gasteiger partial charge in [-0.3, -0.25) is 0 Å². The van der Waals surface area contributed by atoms with Gasteiger partial charge in [0.25, 0.3) is 5.16 Å². The number of aromatic nitrogens is 3. The summed E-state index contributed by atoms with van der Waals surface area (Å²) in [6, 6.07) is 6.73. The van der Waals surface area contributed by atoms with E-state index in [0.717, 1.165) is 29.5 Å². The van der Waals surface area contributed by atoms with Crippen LogP contribution in [0.4, 0.5) is 4.79 Å². The van der Waals surface area contributed by atoms with Crippen LogP contribution in [-0.2, 0) is 16.4 Å². The topological polar surface area (TPSA) is 85.2 Å². The predicted octanol–water partition coefficient (Wildman–Crippen LogP) is 2.99. The summed E-state index contributed by atoms with van der Waals surface area (Å²) < 4.78 is 26.8. The zero-order chi connectivity index (χ0) is 19.2. The number of sulfone groups is 1. The largest absolute Gasteiger partial charge is 0.346 e. The fourth-order valence-corrected chi connectivity index (χ4v) is 6.35. The van der Waals surface area contributed by atoms with Crippen LogP contribution in [0.3, 0.4) is 0 Å². The van der Waals surface area contributed by atoms with Crippen LogP contribution in [0.1, 0.15) is 31.2 Å². The molecule has 0 saturated heterocycles. The van der Waals surface area contributed by atoms with Gasteiger partial charge >= 0.3 is 6.03 Å². The summed E-state index contributed by atoms with van der Waals surface area (Å²) in [5.41, 5.74) is 0.908. The Morgan fingerprint density at radius 3 is 2.63 bits per heavy atom. The van der Waals surface area contributed by atoms with Gasteiger partial charge in [0, 0.05) is 18.6 Å². The maximum Gasteiger partial charge on any atom is 0.346 e. The lowest BCUT2D eigenvalue weighted by molar-refractivity contribution is 0.205. The molecule has 1 heterocycles. The molecule has 2 aliphatic rings. The fraction of sp³-hybridized carbons (Fsp3) is 0.500. The fourth-order valence-electron chi connectivity index (χ4n) is 4.28. The van der Waals surface area contributed by atoms with E-state index in [-0.39, 0.29) is 11.1 Å². The van der Waals surface area contributed by atoms with E-state index in [4.69, 9.17) is 11.6 Å². The Hall–Kier alpha value is -1.93. The minimum Gasteiger partial charge on any atom is -0.322 e. The Balaban J connectivity index is 1.48. The van der Waals surface area contributed by atoms with E-state index in [9.17, 15) is 13.2 Å². The van der Waals surface area contributed by atoms with E-state index < -0.39 is 21.1 Å². The second kappa shape index (κ2) is 6.91. The highest BCUT2D eigenvalue weighted by Crippen LogP contribution is 2.48. The van der Waals surface area contributed by atoms with Crippen molar-refractivity contribution < 1.29 is 13.2 Å². The summed E-state index contributed by atoms with van der Waals surface area (Å²) in [6.07, 6.45) is 4.92. The van der Waals surface area contributed by atoms with Crippen molar-refractivity contribution >= 4 is 27.5 Å². The Kier molecular flexibility index (Phi) is 4.71. The smallest absolute Gasteiger partial charge is 0.322 e. The molecule has 1 aromatic carbocycles. The number of benzene rings is 1. The van der Waals surface area contributed by atoms with Crippen LogP contribution in [0, 0.1) is 11.8 Å². The highest BCUT2D eigenvalue weighted by Gasteiger charge is 2.47. The number of nitrogens with zero attached hydrogens (tertiary/aromatic N) is 4. The standard InChI is InChI=1S/C18H21ClN4O3S/c1-22(10-12-3-6-15(19)7-4-12)18(24)23-11-20-17(21-23)27(25,26)16-9-13-2-5-14(16)8-13/h3-4,6-7,11,13-14,16H,2,5,8-10H2,1H3/t13-,14+,16+/m0/s1. The van der Waals surface area contributed by atoms with Crippen LogP contribution in [0.25, 0.3) is 0 Å². The van der Waals surface area contributed by atoms with Crippen molar-refractivity contribution in [3.63, 3.8) is 0 Å². The van der Waals surface area contributed by atoms with Crippen molar-refractivity contribution in [1.82, 2.24) is 19.7 Å². The first kappa shape index (κ1) is 18.4. The monoisotopic (exact) mass is 408 g/mol. The van der Waals surface area contributed by atoms with Crippen molar-refractivity contribution in [2.75, 3.05) is 7.05 Å². The van der Waals surface area contributed by atoms with Crippen LogP contribution >= 0.6 is 11.6 Å². The number of hydrogen-bond acceptors (Lipinski definition) is 5. The summed E-state index contributed by atoms with van der Waals surface area (Å²) in [5.74, 6) is 0.708. The number of hydrogen-bond donors (Lipinski definition) is 0. The Morgan fingerprint density at radius 1 is 1.26 bits per heavy atom. The third kappa shape index (κ3) is 3.48. The van der Waals surface area contributed by atoms with Crippen LogP contribution in [0.2, 0.25) is 5.02 Å². The number of fused-ring (bicyclic) bond motifs is 2. The van der Waals surface area contributed by atoms with Gasteiger partial charge in [0.2, 0.25) is 9.84 Å². The predicted molar refractivity (Wildman–Crippen MR) is 100 cm³/mol. The van der Waals surface area contributed by atoms with Gasteiger partial charge in [0.05, 0.1) is 5.25 Å².